The molecule has 0 heterocycles. The molecule has 0 aliphatic heterocycles. The lowest BCUT2D eigenvalue weighted by atomic mass is 9.83. The van der Waals surface area contributed by atoms with Crippen molar-refractivity contribution < 1.29 is 0 Å². The van der Waals surface area contributed by atoms with Crippen molar-refractivity contribution in [2.24, 2.45) is 0 Å². The zero-order valence-corrected chi connectivity index (χ0v) is 27.2. The van der Waals surface area contributed by atoms with Gasteiger partial charge >= 0.3 is 0 Å². The van der Waals surface area contributed by atoms with E-state index in [2.05, 4.69) is 171 Å². The number of fused-ring (bicyclic) bond motifs is 3. The van der Waals surface area contributed by atoms with E-state index < -0.39 is 0 Å². The lowest BCUT2D eigenvalue weighted by Gasteiger charge is -2.20. The van der Waals surface area contributed by atoms with Gasteiger partial charge in [-0.2, -0.15) is 0 Å². The van der Waals surface area contributed by atoms with Crippen LogP contribution in [0.1, 0.15) is 44.7 Å². The van der Waals surface area contributed by atoms with Crippen LogP contribution in [0.5, 0.6) is 0 Å². The maximum absolute atomic E-state index is 4.00. The summed E-state index contributed by atoms with van der Waals surface area (Å²) in [6.07, 6.45) is 22.8. The van der Waals surface area contributed by atoms with E-state index in [1.54, 1.807) is 0 Å². The van der Waals surface area contributed by atoms with Crippen LogP contribution in [-0.4, -0.2) is 0 Å². The maximum atomic E-state index is 4.00. The second kappa shape index (κ2) is 15.6. The van der Waals surface area contributed by atoms with Crippen LogP contribution < -0.4 is 10.4 Å². The van der Waals surface area contributed by atoms with Gasteiger partial charge in [0.2, 0.25) is 0 Å². The van der Waals surface area contributed by atoms with Gasteiger partial charge in [-0.1, -0.05) is 166 Å². The van der Waals surface area contributed by atoms with Crippen molar-refractivity contribution in [3.8, 4) is 35.1 Å². The van der Waals surface area contributed by atoms with E-state index in [-0.39, 0.29) is 0 Å². The molecule has 0 fully saturated rings. The van der Waals surface area contributed by atoms with E-state index in [0.717, 1.165) is 19.3 Å². The summed E-state index contributed by atoms with van der Waals surface area (Å²) in [5.74, 6) is 0. The van der Waals surface area contributed by atoms with Gasteiger partial charge in [-0.15, -0.1) is 12.8 Å². The first-order valence-corrected chi connectivity index (χ1v) is 16.4. The first kappa shape index (κ1) is 32.0. The van der Waals surface area contributed by atoms with Gasteiger partial charge < -0.3 is 0 Å². The molecule has 226 valence electrons. The Hall–Kier alpha value is -5.38. The van der Waals surface area contributed by atoms with E-state index >= 15 is 0 Å². The number of benzene rings is 6. The molecule has 7 rings (SSSR count). The molecular weight excluding hydrogens is 553 g/mol. The quantitative estimate of drug-likeness (QED) is 0.133. The maximum Gasteiger partial charge on any atom is -0.00235 e. The van der Waals surface area contributed by atoms with Crippen molar-refractivity contribution >= 4 is 39.3 Å². The van der Waals surface area contributed by atoms with Crippen LogP contribution in [0, 0.1) is 12.8 Å². The molecule has 0 amide bonds. The van der Waals surface area contributed by atoms with Crippen molar-refractivity contribution in [3.63, 3.8) is 0 Å². The van der Waals surface area contributed by atoms with Gasteiger partial charge in [0.25, 0.3) is 0 Å². The van der Waals surface area contributed by atoms with Crippen LogP contribution in [0.2, 0.25) is 0 Å². The molecule has 6 aromatic carbocycles. The fraction of sp³-hybridized carbons (Fsp3) is 0.130. The summed E-state index contributed by atoms with van der Waals surface area (Å²) in [5, 5.41) is 7.93. The van der Waals surface area contributed by atoms with E-state index in [1.165, 1.54) is 70.9 Å². The van der Waals surface area contributed by atoms with Crippen molar-refractivity contribution in [1.29, 1.82) is 0 Å². The van der Waals surface area contributed by atoms with Crippen molar-refractivity contribution in [2.75, 3.05) is 0 Å². The van der Waals surface area contributed by atoms with Gasteiger partial charge in [-0.05, 0) is 97.1 Å². The van der Waals surface area contributed by atoms with Crippen molar-refractivity contribution in [1.82, 2.24) is 0 Å². The largest absolute Gasteiger partial charge is 0.124 e. The molecule has 0 radical (unpaired) electrons. The van der Waals surface area contributed by atoms with Gasteiger partial charge in [-0.25, -0.2) is 0 Å². The molecule has 0 saturated carbocycles. The van der Waals surface area contributed by atoms with E-state index in [9.17, 15) is 0 Å². The first-order chi connectivity index (χ1) is 22.8. The average molecular weight is 595 g/mol. The van der Waals surface area contributed by atoms with Crippen molar-refractivity contribution in [2.45, 2.75) is 40.0 Å². The van der Waals surface area contributed by atoms with Gasteiger partial charge in [0.05, 0.1) is 0 Å². The number of allylic oxidation sites excluding steroid dienone is 4. The minimum atomic E-state index is 0.918. The second-order valence-electron chi connectivity index (χ2n) is 11.0. The van der Waals surface area contributed by atoms with Crippen molar-refractivity contribution in [3.05, 3.63) is 161 Å². The first-order valence-electron chi connectivity index (χ1n) is 16.4. The Balaban J connectivity index is 0.00000100. The monoisotopic (exact) mass is 594 g/mol. The third kappa shape index (κ3) is 6.37. The summed E-state index contributed by atoms with van der Waals surface area (Å²) in [5.41, 5.74) is 9.14. The molecule has 0 atom stereocenters. The summed E-state index contributed by atoms with van der Waals surface area (Å²) in [7, 11) is 0. The minimum Gasteiger partial charge on any atom is -0.124 e. The van der Waals surface area contributed by atoms with E-state index in [1.807, 2.05) is 13.8 Å². The van der Waals surface area contributed by atoms with Crippen LogP contribution in [0.4, 0.5) is 0 Å². The molecule has 0 nitrogen and oxygen atoms in total. The number of terminal acetylenes is 1. The Kier molecular flexibility index (Phi) is 10.8. The fourth-order valence-electron chi connectivity index (χ4n) is 6.61. The molecule has 0 spiro atoms. The third-order valence-corrected chi connectivity index (χ3v) is 8.53. The van der Waals surface area contributed by atoms with Crippen LogP contribution >= 0.6 is 0 Å². The fourth-order valence-corrected chi connectivity index (χ4v) is 6.61. The molecule has 46 heavy (non-hydrogen) atoms. The topological polar surface area (TPSA) is 0 Å². The summed E-state index contributed by atoms with van der Waals surface area (Å²) >= 11 is 0. The Morgan fingerprint density at radius 1 is 0.587 bits per heavy atom. The minimum absolute atomic E-state index is 0.918. The standard InChI is InChI=1S/C42H34.C2H6.C2H2/c1-2-31(20-14-18-30-16-4-3-5-17-30)33-22-8-9-24-35(33)41-37-25-10-12-27-39(37)42(40-28-13-11-26-38(40)41)36-29-15-21-32-19-6-7-23-34(32)36;2*1-2/h2-10,12,14-17,19-29H,11,13,18H2,1H3;1-2H3;1-2H/b20-14-,31-2+;;. The predicted molar refractivity (Wildman–Crippen MR) is 204 cm³/mol. The highest BCUT2D eigenvalue weighted by Gasteiger charge is 2.19. The van der Waals surface area contributed by atoms with E-state index in [0.29, 0.717) is 0 Å². The number of hydrogen-bond donors (Lipinski definition) is 0. The predicted octanol–water partition coefficient (Wildman–Crippen LogP) is 11.2. The van der Waals surface area contributed by atoms with E-state index in [4.69, 9.17) is 0 Å². The molecular formula is C46H42. The van der Waals surface area contributed by atoms with Crippen LogP contribution in [0.25, 0.3) is 61.5 Å². The summed E-state index contributed by atoms with van der Waals surface area (Å²) in [6.45, 7) is 6.15. The zero-order valence-electron chi connectivity index (χ0n) is 27.2. The molecule has 6 aromatic rings. The third-order valence-electron chi connectivity index (χ3n) is 8.53. The molecule has 1 aliphatic rings. The van der Waals surface area contributed by atoms with Gasteiger partial charge in [-0.3, -0.25) is 0 Å². The molecule has 0 heteroatoms. The SMILES string of the molecule is C#C.C/C=C(\C=C/Cc1ccccc1)c1ccccc1-c1c2c(c(-c3cccc4ccccc34)c3ccccc13)=CCCC=2.CC. The molecule has 0 unspecified atom stereocenters. The molecule has 0 bridgehead atoms. The Morgan fingerprint density at radius 2 is 1.11 bits per heavy atom. The smallest absolute Gasteiger partial charge is 0.00235 e. The van der Waals surface area contributed by atoms with Gasteiger partial charge in [0, 0.05) is 0 Å². The highest BCUT2D eigenvalue weighted by Crippen LogP contribution is 2.37. The Morgan fingerprint density at radius 3 is 1.78 bits per heavy atom. The summed E-state index contributed by atoms with van der Waals surface area (Å²) in [4.78, 5) is 0. The lowest BCUT2D eigenvalue weighted by molar-refractivity contribution is 1.12. The van der Waals surface area contributed by atoms with Gasteiger partial charge in [0.1, 0.15) is 0 Å². The Bertz CT molecular complexity index is 2150. The highest BCUT2D eigenvalue weighted by molar-refractivity contribution is 6.11. The molecule has 0 saturated heterocycles. The highest BCUT2D eigenvalue weighted by atomic mass is 14.2. The molecule has 0 N–H and O–H groups in total. The molecule has 1 aliphatic carbocycles. The van der Waals surface area contributed by atoms with Gasteiger partial charge in [0.15, 0.2) is 0 Å². The summed E-state index contributed by atoms with van der Waals surface area (Å²) in [6, 6.07) is 44.1. The van der Waals surface area contributed by atoms with Crippen LogP contribution in [-0.2, 0) is 6.42 Å². The molecule has 0 aromatic heterocycles. The lowest BCUT2D eigenvalue weighted by Crippen LogP contribution is -2.31. The zero-order chi connectivity index (χ0) is 32.3. The van der Waals surface area contributed by atoms with Crippen LogP contribution in [0.15, 0.2) is 140 Å². The Labute approximate surface area is 274 Å². The summed E-state index contributed by atoms with van der Waals surface area (Å²) < 4.78 is 0. The number of hydrogen-bond acceptors (Lipinski definition) is 0. The number of rotatable bonds is 6. The normalized spacial score (nSPS) is 12.2. The second-order valence-corrected chi connectivity index (χ2v) is 11.0. The average Bonchev–Trinajstić information content (AvgIpc) is 3.14. The van der Waals surface area contributed by atoms with Crippen LogP contribution in [0.3, 0.4) is 0 Å².